The Hall–Kier alpha value is 0.400. The van der Waals surface area contributed by atoms with Gasteiger partial charge in [0.2, 0.25) is 0 Å². The maximum atomic E-state index is 12.4. The third-order valence-corrected chi connectivity index (χ3v) is 5.59. The zero-order valence-corrected chi connectivity index (χ0v) is 11.9. The number of epoxide rings is 1. The van der Waals surface area contributed by atoms with E-state index >= 15 is 0 Å². The van der Waals surface area contributed by atoms with Crippen molar-refractivity contribution < 1.29 is 18.3 Å². The van der Waals surface area contributed by atoms with Gasteiger partial charge in [-0.05, 0) is 26.2 Å². The summed E-state index contributed by atoms with van der Waals surface area (Å²) >= 11 is 6.18. The molecule has 0 saturated carbocycles. The number of alkyl halides is 1. The Bertz CT molecular complexity index is 274. The number of hydrogen-bond acceptors (Lipinski definition) is 4. The molecule has 4 nitrogen and oxygen atoms in total. The predicted molar refractivity (Wildman–Crippen MR) is 63.8 cm³/mol. The average molecular weight is 271 g/mol. The van der Waals surface area contributed by atoms with Crippen LogP contribution in [-0.2, 0) is 18.3 Å². The van der Waals surface area contributed by atoms with Crippen LogP contribution in [0.25, 0.3) is 0 Å². The minimum Gasteiger partial charge on any atom is -0.339 e. The van der Waals surface area contributed by atoms with Gasteiger partial charge in [0, 0.05) is 0 Å². The lowest BCUT2D eigenvalue weighted by molar-refractivity contribution is 0.202. The summed E-state index contributed by atoms with van der Waals surface area (Å²) in [5, 5.41) is 0. The standard InChI is InChI=1S/C10H20ClO4P/c1-5-13-16(12,14-6-2)10(11)9(15-10)7-8(3)4/h8-9H,5-7H2,1-4H3/t9-,10+/m1/s1. The molecule has 96 valence electrons. The van der Waals surface area contributed by atoms with Gasteiger partial charge in [0.05, 0.1) is 13.2 Å². The fourth-order valence-corrected chi connectivity index (χ4v) is 3.89. The Morgan fingerprint density at radius 3 is 2.25 bits per heavy atom. The molecule has 0 spiro atoms. The second-order valence-electron chi connectivity index (χ2n) is 4.18. The summed E-state index contributed by atoms with van der Waals surface area (Å²) in [5.74, 6) is 0.433. The first-order valence-corrected chi connectivity index (χ1v) is 7.57. The van der Waals surface area contributed by atoms with Crippen molar-refractivity contribution in [2.45, 2.75) is 45.0 Å². The molecule has 2 atom stereocenters. The van der Waals surface area contributed by atoms with Gasteiger partial charge in [-0.3, -0.25) is 4.57 Å². The molecule has 6 heteroatoms. The van der Waals surface area contributed by atoms with E-state index in [-0.39, 0.29) is 6.10 Å². The SMILES string of the molecule is CCOP(=O)(OCC)[C@@]1(Cl)O[C@@H]1CC(C)C. The number of halogens is 1. The van der Waals surface area contributed by atoms with Crippen molar-refractivity contribution in [3.8, 4) is 0 Å². The van der Waals surface area contributed by atoms with E-state index in [1.165, 1.54) is 0 Å². The lowest BCUT2D eigenvalue weighted by atomic mass is 10.1. The van der Waals surface area contributed by atoms with Crippen LogP contribution in [0.5, 0.6) is 0 Å². The molecule has 0 N–H and O–H groups in total. The summed E-state index contributed by atoms with van der Waals surface area (Å²) in [6.07, 6.45) is 0.520. The Morgan fingerprint density at radius 2 is 1.88 bits per heavy atom. The molecule has 1 saturated heterocycles. The minimum absolute atomic E-state index is 0.238. The summed E-state index contributed by atoms with van der Waals surface area (Å²) in [5.41, 5.74) is 0. The Balaban J connectivity index is 2.70. The van der Waals surface area contributed by atoms with Gasteiger partial charge < -0.3 is 13.8 Å². The van der Waals surface area contributed by atoms with Crippen molar-refractivity contribution in [1.29, 1.82) is 0 Å². The summed E-state index contributed by atoms with van der Waals surface area (Å²) in [7, 11) is -3.36. The molecule has 0 aromatic carbocycles. The topological polar surface area (TPSA) is 48.1 Å². The fraction of sp³-hybridized carbons (Fsp3) is 1.00. The van der Waals surface area contributed by atoms with Crippen molar-refractivity contribution >= 4 is 19.2 Å². The predicted octanol–water partition coefficient (Wildman–Crippen LogP) is 3.59. The van der Waals surface area contributed by atoms with Crippen molar-refractivity contribution in [1.82, 2.24) is 0 Å². The molecule has 1 aliphatic rings. The monoisotopic (exact) mass is 270 g/mol. The molecule has 0 unspecified atom stereocenters. The minimum atomic E-state index is -3.36. The maximum Gasteiger partial charge on any atom is 0.380 e. The number of ether oxygens (including phenoxy) is 1. The van der Waals surface area contributed by atoms with E-state index in [2.05, 4.69) is 13.8 Å². The summed E-state index contributed by atoms with van der Waals surface area (Å²) in [6.45, 7) is 8.22. The van der Waals surface area contributed by atoms with Gasteiger partial charge in [-0.15, -0.1) is 0 Å². The summed E-state index contributed by atoms with van der Waals surface area (Å²) in [6, 6.07) is 0. The molecule has 1 aliphatic heterocycles. The van der Waals surface area contributed by atoms with Crippen LogP contribution >= 0.6 is 19.2 Å². The van der Waals surface area contributed by atoms with E-state index in [4.69, 9.17) is 25.4 Å². The van der Waals surface area contributed by atoms with E-state index in [9.17, 15) is 4.57 Å². The maximum absolute atomic E-state index is 12.4. The van der Waals surface area contributed by atoms with Gasteiger partial charge in [-0.2, -0.15) is 0 Å². The molecule has 1 fully saturated rings. The smallest absolute Gasteiger partial charge is 0.339 e. The normalized spacial score (nSPS) is 29.8. The molecule has 0 aliphatic carbocycles. The highest BCUT2D eigenvalue weighted by molar-refractivity contribution is 7.58. The van der Waals surface area contributed by atoms with Crippen LogP contribution in [0.4, 0.5) is 0 Å². The van der Waals surface area contributed by atoms with Gasteiger partial charge in [-0.25, -0.2) is 0 Å². The van der Waals surface area contributed by atoms with Gasteiger partial charge in [0.15, 0.2) is 0 Å². The third-order valence-electron chi connectivity index (χ3n) is 2.30. The highest BCUT2D eigenvalue weighted by atomic mass is 35.5. The van der Waals surface area contributed by atoms with Crippen LogP contribution in [0.3, 0.4) is 0 Å². The van der Waals surface area contributed by atoms with Gasteiger partial charge in [-0.1, -0.05) is 25.4 Å². The van der Waals surface area contributed by atoms with Crippen molar-refractivity contribution in [3.63, 3.8) is 0 Å². The zero-order valence-electron chi connectivity index (χ0n) is 10.2. The van der Waals surface area contributed by atoms with Crippen molar-refractivity contribution in [3.05, 3.63) is 0 Å². The van der Waals surface area contributed by atoms with E-state index in [1.54, 1.807) is 13.8 Å². The van der Waals surface area contributed by atoms with Crippen LogP contribution in [0.2, 0.25) is 0 Å². The first kappa shape index (κ1) is 14.5. The molecule has 0 amide bonds. The van der Waals surface area contributed by atoms with Crippen LogP contribution in [-0.4, -0.2) is 24.1 Å². The molecule has 0 aromatic heterocycles. The lowest BCUT2D eigenvalue weighted by Crippen LogP contribution is -2.14. The molecular weight excluding hydrogens is 251 g/mol. The molecule has 0 bridgehead atoms. The quantitative estimate of drug-likeness (QED) is 0.403. The molecule has 1 heterocycles. The summed E-state index contributed by atoms with van der Waals surface area (Å²) in [4.78, 5) is -1.26. The summed E-state index contributed by atoms with van der Waals surface area (Å²) < 4.78 is 28.1. The molecule has 16 heavy (non-hydrogen) atoms. The average Bonchev–Trinajstić information content (AvgIpc) is 2.78. The zero-order chi connectivity index (χ0) is 12.4. The number of rotatable bonds is 7. The molecular formula is C10H20ClO4P. The van der Waals surface area contributed by atoms with Gasteiger partial charge in [0.1, 0.15) is 6.10 Å². The van der Waals surface area contributed by atoms with E-state index in [0.717, 1.165) is 6.42 Å². The number of hydrogen-bond donors (Lipinski definition) is 0. The van der Waals surface area contributed by atoms with E-state index in [1.807, 2.05) is 0 Å². The largest absolute Gasteiger partial charge is 0.380 e. The molecule has 1 rings (SSSR count). The van der Waals surface area contributed by atoms with Crippen LogP contribution in [0, 0.1) is 5.92 Å². The highest BCUT2D eigenvalue weighted by Gasteiger charge is 2.69. The first-order valence-electron chi connectivity index (χ1n) is 5.65. The van der Waals surface area contributed by atoms with Crippen LogP contribution in [0.1, 0.15) is 34.1 Å². The van der Waals surface area contributed by atoms with Crippen molar-refractivity contribution in [2.75, 3.05) is 13.2 Å². The van der Waals surface area contributed by atoms with Crippen LogP contribution in [0.15, 0.2) is 0 Å². The highest BCUT2D eigenvalue weighted by Crippen LogP contribution is 2.72. The first-order chi connectivity index (χ1) is 7.39. The molecule has 0 aromatic rings. The van der Waals surface area contributed by atoms with Gasteiger partial charge in [0.25, 0.3) is 4.80 Å². The van der Waals surface area contributed by atoms with Gasteiger partial charge >= 0.3 is 7.60 Å². The Kier molecular flexibility index (Phi) is 4.85. The Morgan fingerprint density at radius 1 is 1.38 bits per heavy atom. The Labute approximate surface area is 102 Å². The third kappa shape index (κ3) is 2.80. The second kappa shape index (κ2) is 5.36. The molecule has 0 radical (unpaired) electrons. The second-order valence-corrected chi connectivity index (χ2v) is 7.18. The van der Waals surface area contributed by atoms with E-state index < -0.39 is 12.4 Å². The van der Waals surface area contributed by atoms with Crippen LogP contribution < -0.4 is 0 Å². The lowest BCUT2D eigenvalue weighted by Gasteiger charge is -2.19. The van der Waals surface area contributed by atoms with E-state index in [0.29, 0.717) is 19.1 Å². The fourth-order valence-electron chi connectivity index (χ4n) is 1.58. The van der Waals surface area contributed by atoms with Crippen molar-refractivity contribution in [2.24, 2.45) is 5.92 Å².